The third-order valence-corrected chi connectivity index (χ3v) is 9.06. The van der Waals surface area contributed by atoms with Crippen molar-refractivity contribution in [3.8, 4) is 0 Å². The van der Waals surface area contributed by atoms with E-state index in [4.69, 9.17) is 16.3 Å². The lowest BCUT2D eigenvalue weighted by molar-refractivity contribution is 0.229. The molecule has 0 bridgehead atoms. The van der Waals surface area contributed by atoms with Crippen LogP contribution >= 0.6 is 17.0 Å². The third kappa shape index (κ3) is 3.33. The van der Waals surface area contributed by atoms with Gasteiger partial charge in [0.05, 0.1) is 6.61 Å². The first-order chi connectivity index (χ1) is 8.12. The summed E-state index contributed by atoms with van der Waals surface area (Å²) >= 11 is 7.54. The van der Waals surface area contributed by atoms with E-state index in [1.54, 1.807) is 11.4 Å². The van der Waals surface area contributed by atoms with Crippen molar-refractivity contribution in [2.75, 3.05) is 13.2 Å². The van der Waals surface area contributed by atoms with E-state index in [9.17, 15) is 0 Å². The number of nitrogens with zero attached hydrogens (tertiary/aromatic N) is 1. The summed E-state index contributed by atoms with van der Waals surface area (Å²) < 4.78 is 8.32. The molecule has 1 aliphatic rings. The number of hydrogen-bond donors (Lipinski definition) is 0. The zero-order chi connectivity index (χ0) is 12.3. The molecular formula is C12H18NOPS2. The average molecular weight is 287 g/mol. The lowest BCUT2D eigenvalue weighted by atomic mass is 10.3. The lowest BCUT2D eigenvalue weighted by Gasteiger charge is -2.40. The first-order valence-corrected chi connectivity index (χ1v) is 9.97. The molecule has 1 aromatic rings. The van der Waals surface area contributed by atoms with Crippen molar-refractivity contribution in [2.45, 2.75) is 31.2 Å². The van der Waals surface area contributed by atoms with Crippen molar-refractivity contribution >= 4 is 28.8 Å². The van der Waals surface area contributed by atoms with Gasteiger partial charge in [0, 0.05) is 17.5 Å². The van der Waals surface area contributed by atoms with Crippen LogP contribution in [0.15, 0.2) is 35.2 Å². The molecule has 0 aromatic heterocycles. The van der Waals surface area contributed by atoms with E-state index in [1.165, 1.54) is 4.90 Å². The van der Waals surface area contributed by atoms with Crippen LogP contribution in [0.25, 0.3) is 0 Å². The van der Waals surface area contributed by atoms with Crippen molar-refractivity contribution in [3.05, 3.63) is 30.3 Å². The second-order valence-corrected chi connectivity index (χ2v) is 10.9. The first-order valence-electron chi connectivity index (χ1n) is 5.88. The molecule has 1 saturated heterocycles. The van der Waals surface area contributed by atoms with Crippen LogP contribution in [0, 0.1) is 0 Å². The fourth-order valence-electron chi connectivity index (χ4n) is 1.84. The van der Waals surface area contributed by atoms with E-state index >= 15 is 0 Å². The molecule has 1 fully saturated rings. The minimum Gasteiger partial charge on any atom is -0.330 e. The number of rotatable bonds is 3. The highest BCUT2D eigenvalue weighted by Gasteiger charge is 2.33. The van der Waals surface area contributed by atoms with Gasteiger partial charge in [-0.2, -0.15) is 0 Å². The molecular weight excluding hydrogens is 269 g/mol. The zero-order valence-electron chi connectivity index (χ0n) is 10.2. The Kier molecular flexibility index (Phi) is 4.67. The van der Waals surface area contributed by atoms with Gasteiger partial charge < -0.3 is 4.52 Å². The van der Waals surface area contributed by atoms with Crippen molar-refractivity contribution in [1.29, 1.82) is 0 Å². The standard InChI is InChI=1S/C12H18NOPS2/c1-11(2)13-9-6-10-14-15(13,16)17-12-7-4-3-5-8-12/h3-5,7-8,11H,6,9-10H2,1-2H3. The first kappa shape index (κ1) is 13.6. The molecule has 0 N–H and O–H groups in total. The van der Waals surface area contributed by atoms with Crippen LogP contribution in [0.5, 0.6) is 0 Å². The molecule has 0 amide bonds. The molecule has 1 atom stereocenters. The fraction of sp³-hybridized carbons (Fsp3) is 0.500. The van der Waals surface area contributed by atoms with E-state index < -0.39 is 5.62 Å². The maximum Gasteiger partial charge on any atom is 0.193 e. The van der Waals surface area contributed by atoms with Crippen molar-refractivity contribution in [2.24, 2.45) is 0 Å². The summed E-state index contributed by atoms with van der Waals surface area (Å²) in [7, 11) is 0. The summed E-state index contributed by atoms with van der Waals surface area (Å²) in [5, 5.41) is 0. The molecule has 1 unspecified atom stereocenters. The topological polar surface area (TPSA) is 12.5 Å². The Labute approximate surface area is 113 Å². The molecule has 1 heterocycles. The van der Waals surface area contributed by atoms with E-state index in [0.29, 0.717) is 6.04 Å². The van der Waals surface area contributed by atoms with E-state index in [0.717, 1.165) is 19.6 Å². The largest absolute Gasteiger partial charge is 0.330 e. The highest BCUT2D eigenvalue weighted by atomic mass is 32.9. The quantitative estimate of drug-likeness (QED) is 0.774. The molecule has 1 aliphatic heterocycles. The monoisotopic (exact) mass is 287 g/mol. The second kappa shape index (κ2) is 5.85. The average Bonchev–Trinajstić information content (AvgIpc) is 2.30. The Balaban J connectivity index is 2.18. The normalized spacial score (nSPS) is 26.3. The smallest absolute Gasteiger partial charge is 0.193 e. The van der Waals surface area contributed by atoms with Gasteiger partial charge in [-0.1, -0.05) is 18.2 Å². The Hall–Kier alpha value is 0.140. The van der Waals surface area contributed by atoms with Crippen molar-refractivity contribution in [3.63, 3.8) is 0 Å². The number of benzene rings is 1. The van der Waals surface area contributed by atoms with Crippen LogP contribution in [-0.2, 0) is 16.3 Å². The minimum atomic E-state index is -1.92. The Morgan fingerprint density at radius 1 is 1.35 bits per heavy atom. The molecule has 94 valence electrons. The summed E-state index contributed by atoms with van der Waals surface area (Å²) in [5.41, 5.74) is -1.92. The maximum atomic E-state index is 5.96. The Bertz CT molecular complexity index is 410. The molecule has 0 saturated carbocycles. The Morgan fingerprint density at radius 2 is 2.06 bits per heavy atom. The fourth-order valence-corrected chi connectivity index (χ4v) is 8.48. The van der Waals surface area contributed by atoms with Crippen molar-refractivity contribution in [1.82, 2.24) is 4.67 Å². The van der Waals surface area contributed by atoms with Crippen molar-refractivity contribution < 1.29 is 4.52 Å². The van der Waals surface area contributed by atoms with E-state index in [-0.39, 0.29) is 0 Å². The van der Waals surface area contributed by atoms with Gasteiger partial charge in [0.15, 0.2) is 5.62 Å². The van der Waals surface area contributed by atoms with Gasteiger partial charge in [0.25, 0.3) is 0 Å². The van der Waals surface area contributed by atoms with Crippen LogP contribution in [-0.4, -0.2) is 23.9 Å². The molecule has 0 spiro atoms. The third-order valence-electron chi connectivity index (χ3n) is 2.66. The molecule has 2 rings (SSSR count). The van der Waals surface area contributed by atoms with Crippen LogP contribution < -0.4 is 0 Å². The summed E-state index contributed by atoms with van der Waals surface area (Å²) in [6.45, 7) is 6.26. The van der Waals surface area contributed by atoms with E-state index in [1.807, 2.05) is 18.2 Å². The van der Waals surface area contributed by atoms with Gasteiger partial charge >= 0.3 is 0 Å². The lowest BCUT2D eigenvalue weighted by Crippen LogP contribution is -2.32. The van der Waals surface area contributed by atoms with Gasteiger partial charge in [-0.3, -0.25) is 0 Å². The predicted molar refractivity (Wildman–Crippen MR) is 79.0 cm³/mol. The van der Waals surface area contributed by atoms with Gasteiger partial charge in [-0.15, -0.1) is 0 Å². The highest BCUT2D eigenvalue weighted by Crippen LogP contribution is 2.67. The maximum absolute atomic E-state index is 5.96. The van der Waals surface area contributed by atoms with E-state index in [2.05, 4.69) is 30.7 Å². The van der Waals surface area contributed by atoms with Crippen LogP contribution in [0.4, 0.5) is 0 Å². The van der Waals surface area contributed by atoms with Crippen LogP contribution in [0.1, 0.15) is 20.3 Å². The summed E-state index contributed by atoms with van der Waals surface area (Å²) in [6, 6.07) is 10.8. The molecule has 0 aliphatic carbocycles. The molecule has 0 radical (unpaired) electrons. The van der Waals surface area contributed by atoms with Gasteiger partial charge in [0.2, 0.25) is 0 Å². The van der Waals surface area contributed by atoms with Gasteiger partial charge in [0.1, 0.15) is 0 Å². The van der Waals surface area contributed by atoms with Crippen LogP contribution in [0.3, 0.4) is 0 Å². The summed E-state index contributed by atoms with van der Waals surface area (Å²) in [5.74, 6) is 0. The summed E-state index contributed by atoms with van der Waals surface area (Å²) in [4.78, 5) is 1.21. The predicted octanol–water partition coefficient (Wildman–Crippen LogP) is 4.13. The zero-order valence-corrected chi connectivity index (χ0v) is 12.7. The number of hydrogen-bond acceptors (Lipinski definition) is 3. The molecule has 2 nitrogen and oxygen atoms in total. The SMILES string of the molecule is CC(C)N1CCCOP1(=S)Sc1ccccc1. The molecule has 1 aromatic carbocycles. The molecule has 5 heteroatoms. The van der Waals surface area contributed by atoms with Crippen LogP contribution in [0.2, 0.25) is 0 Å². The summed E-state index contributed by atoms with van der Waals surface area (Å²) in [6.07, 6.45) is 1.09. The molecule has 17 heavy (non-hydrogen) atoms. The highest BCUT2D eigenvalue weighted by molar-refractivity contribution is 8.68. The Morgan fingerprint density at radius 3 is 2.71 bits per heavy atom. The van der Waals surface area contributed by atoms with Gasteiger partial charge in [-0.05, 0) is 55.6 Å². The van der Waals surface area contributed by atoms with Gasteiger partial charge in [-0.25, -0.2) is 4.67 Å². The second-order valence-electron chi connectivity index (χ2n) is 4.32. The minimum absolute atomic E-state index is 0.456.